The van der Waals surface area contributed by atoms with Crippen LogP contribution in [-0.4, -0.2) is 35.6 Å². The quantitative estimate of drug-likeness (QED) is 0.465. The van der Waals surface area contributed by atoms with Crippen molar-refractivity contribution in [1.82, 2.24) is 10.2 Å². The van der Waals surface area contributed by atoms with E-state index in [0.717, 1.165) is 10.5 Å². The average Bonchev–Trinajstić information content (AvgIpc) is 3.20. The number of nitrogens with one attached hydrogen (secondary N) is 1. The molecule has 3 rings (SSSR count). The molecule has 0 radical (unpaired) electrons. The van der Waals surface area contributed by atoms with E-state index < -0.39 is 0 Å². The summed E-state index contributed by atoms with van der Waals surface area (Å²) in [5.74, 6) is 1.23. The molecule has 0 aliphatic heterocycles. The van der Waals surface area contributed by atoms with Crippen molar-refractivity contribution in [2.45, 2.75) is 23.5 Å². The molecule has 2 aromatic carbocycles. The predicted molar refractivity (Wildman–Crippen MR) is 118 cm³/mol. The highest BCUT2D eigenvalue weighted by molar-refractivity contribution is 8.00. The Balaban J connectivity index is 1.73. The van der Waals surface area contributed by atoms with Gasteiger partial charge in [0.2, 0.25) is 11.0 Å². The summed E-state index contributed by atoms with van der Waals surface area (Å²) >= 11 is 8.70. The second-order valence-electron chi connectivity index (χ2n) is 5.94. The first kappa shape index (κ1) is 21.4. The van der Waals surface area contributed by atoms with Crippen LogP contribution in [0.25, 0.3) is 10.6 Å². The lowest BCUT2D eigenvalue weighted by atomic mass is 10.2. The third-order valence-electron chi connectivity index (χ3n) is 4.05. The second-order valence-corrected chi connectivity index (χ2v) is 8.63. The molecular weight excluding hydrogens is 430 g/mol. The zero-order valence-corrected chi connectivity index (χ0v) is 18.5. The van der Waals surface area contributed by atoms with E-state index >= 15 is 0 Å². The van der Waals surface area contributed by atoms with E-state index in [1.807, 2.05) is 49.4 Å². The molecule has 1 amide bonds. The van der Waals surface area contributed by atoms with E-state index in [4.69, 9.17) is 21.1 Å². The summed E-state index contributed by atoms with van der Waals surface area (Å²) in [5.41, 5.74) is 0.757. The van der Waals surface area contributed by atoms with Crippen LogP contribution in [0.15, 0.2) is 47.4 Å². The van der Waals surface area contributed by atoms with Crippen molar-refractivity contribution in [3.8, 4) is 22.1 Å². The summed E-state index contributed by atoms with van der Waals surface area (Å²) in [6.07, 6.45) is 0.675. The minimum atomic E-state index is -0.255. The molecule has 0 fully saturated rings. The van der Waals surface area contributed by atoms with Gasteiger partial charge in [-0.3, -0.25) is 10.1 Å². The topological polar surface area (TPSA) is 73.3 Å². The minimum Gasteiger partial charge on any atom is -0.497 e. The molecule has 0 aliphatic rings. The van der Waals surface area contributed by atoms with Gasteiger partial charge in [-0.1, -0.05) is 29.9 Å². The molecule has 3 aromatic rings. The van der Waals surface area contributed by atoms with Gasteiger partial charge in [-0.25, -0.2) is 0 Å². The number of nitrogens with zero attached hydrogens (tertiary/aromatic N) is 2. The fraction of sp³-hybridized carbons (Fsp3) is 0.250. The van der Waals surface area contributed by atoms with Gasteiger partial charge in [0.25, 0.3) is 0 Å². The average molecular weight is 450 g/mol. The van der Waals surface area contributed by atoms with Crippen molar-refractivity contribution in [3.05, 3.63) is 47.5 Å². The van der Waals surface area contributed by atoms with Gasteiger partial charge < -0.3 is 9.47 Å². The van der Waals surface area contributed by atoms with Crippen molar-refractivity contribution in [1.29, 1.82) is 0 Å². The van der Waals surface area contributed by atoms with Crippen LogP contribution >= 0.6 is 34.7 Å². The van der Waals surface area contributed by atoms with Crippen LogP contribution < -0.4 is 14.8 Å². The Morgan fingerprint density at radius 1 is 1.17 bits per heavy atom. The zero-order chi connectivity index (χ0) is 20.8. The lowest BCUT2D eigenvalue weighted by Crippen LogP contribution is -2.24. The maximum absolute atomic E-state index is 12.7. The van der Waals surface area contributed by atoms with E-state index in [-0.39, 0.29) is 11.2 Å². The largest absolute Gasteiger partial charge is 0.497 e. The van der Waals surface area contributed by atoms with Gasteiger partial charge in [0.1, 0.15) is 11.5 Å². The van der Waals surface area contributed by atoms with Gasteiger partial charge in [0.15, 0.2) is 5.01 Å². The van der Waals surface area contributed by atoms with E-state index in [0.29, 0.717) is 33.1 Å². The molecule has 1 atom stereocenters. The first-order valence-electron chi connectivity index (χ1n) is 8.83. The molecule has 9 heteroatoms. The van der Waals surface area contributed by atoms with Crippen LogP contribution in [0, 0.1) is 0 Å². The van der Waals surface area contributed by atoms with E-state index in [1.165, 1.54) is 23.1 Å². The number of benzene rings is 2. The first-order chi connectivity index (χ1) is 14.0. The molecule has 152 valence electrons. The van der Waals surface area contributed by atoms with Crippen molar-refractivity contribution >= 4 is 45.7 Å². The summed E-state index contributed by atoms with van der Waals surface area (Å²) < 4.78 is 10.7. The Morgan fingerprint density at radius 2 is 1.93 bits per heavy atom. The summed E-state index contributed by atoms with van der Waals surface area (Å²) in [6, 6.07) is 12.9. The van der Waals surface area contributed by atoms with Gasteiger partial charge >= 0.3 is 0 Å². The molecular formula is C20H20ClN3O3S2. The standard InChI is InChI=1S/C20H20ClN3O3S2/c1-4-17(28-14-8-5-12(21)6-9-14)18(25)22-20-24-23-19(29-20)15-11-13(26-2)7-10-16(15)27-3/h5-11,17H,4H2,1-3H3,(H,22,24,25). The Hall–Kier alpha value is -2.29. The number of halogens is 1. The van der Waals surface area contributed by atoms with E-state index in [2.05, 4.69) is 15.5 Å². The number of thioether (sulfide) groups is 1. The molecule has 6 nitrogen and oxygen atoms in total. The number of methoxy groups -OCH3 is 2. The van der Waals surface area contributed by atoms with Crippen molar-refractivity contribution in [2.75, 3.05) is 19.5 Å². The number of hydrogen-bond donors (Lipinski definition) is 1. The number of hydrogen-bond acceptors (Lipinski definition) is 7. The summed E-state index contributed by atoms with van der Waals surface area (Å²) in [6.45, 7) is 1.97. The number of ether oxygens (including phenoxy) is 2. The zero-order valence-electron chi connectivity index (χ0n) is 16.1. The highest BCUT2D eigenvalue weighted by Crippen LogP contribution is 2.36. The number of carbonyl (C=O) groups is 1. The van der Waals surface area contributed by atoms with Gasteiger partial charge in [0.05, 0.1) is 25.0 Å². The summed E-state index contributed by atoms with van der Waals surface area (Å²) in [5, 5.41) is 12.7. The number of aromatic nitrogens is 2. The first-order valence-corrected chi connectivity index (χ1v) is 10.9. The highest BCUT2D eigenvalue weighted by atomic mass is 35.5. The third kappa shape index (κ3) is 5.41. The molecule has 0 spiro atoms. The maximum atomic E-state index is 12.7. The lowest BCUT2D eigenvalue weighted by Gasteiger charge is -2.13. The highest BCUT2D eigenvalue weighted by Gasteiger charge is 2.20. The predicted octanol–water partition coefficient (Wildman–Crippen LogP) is 5.39. The fourth-order valence-corrected chi connectivity index (χ4v) is 4.40. The normalized spacial score (nSPS) is 11.7. The van der Waals surface area contributed by atoms with Crippen molar-refractivity contribution in [3.63, 3.8) is 0 Å². The smallest absolute Gasteiger partial charge is 0.239 e. The van der Waals surface area contributed by atoms with Gasteiger partial charge in [-0.05, 0) is 48.9 Å². The molecule has 0 bridgehead atoms. The van der Waals surface area contributed by atoms with Crippen LogP contribution in [0.3, 0.4) is 0 Å². The molecule has 1 heterocycles. The SMILES string of the molecule is CCC(Sc1ccc(Cl)cc1)C(=O)Nc1nnc(-c2cc(OC)ccc2OC)s1. The molecule has 1 aromatic heterocycles. The Morgan fingerprint density at radius 3 is 2.59 bits per heavy atom. The van der Waals surface area contributed by atoms with E-state index in [9.17, 15) is 4.79 Å². The monoisotopic (exact) mass is 449 g/mol. The van der Waals surface area contributed by atoms with Crippen molar-refractivity contribution < 1.29 is 14.3 Å². The van der Waals surface area contributed by atoms with Crippen LogP contribution in [0.2, 0.25) is 5.02 Å². The lowest BCUT2D eigenvalue weighted by molar-refractivity contribution is -0.115. The number of amides is 1. The number of rotatable bonds is 8. The number of anilines is 1. The molecule has 1 N–H and O–H groups in total. The van der Waals surface area contributed by atoms with Gasteiger partial charge in [0, 0.05) is 9.92 Å². The Kier molecular flexibility index (Phi) is 7.35. The van der Waals surface area contributed by atoms with Crippen molar-refractivity contribution in [2.24, 2.45) is 0 Å². The van der Waals surface area contributed by atoms with Crippen LogP contribution in [0.5, 0.6) is 11.5 Å². The molecule has 1 unspecified atom stereocenters. The summed E-state index contributed by atoms with van der Waals surface area (Å²) in [4.78, 5) is 13.7. The fourth-order valence-electron chi connectivity index (χ4n) is 2.55. The van der Waals surface area contributed by atoms with Crippen LogP contribution in [0.4, 0.5) is 5.13 Å². The Bertz CT molecular complexity index is 979. The maximum Gasteiger partial charge on any atom is 0.239 e. The molecule has 0 saturated carbocycles. The third-order valence-corrected chi connectivity index (χ3v) is 6.55. The second kappa shape index (κ2) is 9.96. The molecule has 0 aliphatic carbocycles. The summed E-state index contributed by atoms with van der Waals surface area (Å²) in [7, 11) is 3.19. The van der Waals surface area contributed by atoms with Gasteiger partial charge in [-0.15, -0.1) is 22.0 Å². The van der Waals surface area contributed by atoms with Crippen LogP contribution in [0.1, 0.15) is 13.3 Å². The minimum absolute atomic E-state index is 0.118. The molecule has 29 heavy (non-hydrogen) atoms. The van der Waals surface area contributed by atoms with E-state index in [1.54, 1.807) is 14.2 Å². The Labute approximate surface area is 182 Å². The van der Waals surface area contributed by atoms with Crippen LogP contribution in [-0.2, 0) is 4.79 Å². The number of carbonyl (C=O) groups excluding carboxylic acids is 1. The molecule has 0 saturated heterocycles. The van der Waals surface area contributed by atoms with Gasteiger partial charge in [-0.2, -0.15) is 0 Å².